The zero-order chi connectivity index (χ0) is 17.1. The normalized spacial score (nSPS) is 12.1. The van der Waals surface area contributed by atoms with Crippen molar-refractivity contribution in [1.29, 1.82) is 0 Å². The molecular weight excluding hydrogens is 329 g/mol. The van der Waals surface area contributed by atoms with E-state index in [0.29, 0.717) is 21.7 Å². The van der Waals surface area contributed by atoms with Crippen molar-refractivity contribution in [3.8, 4) is 0 Å². The largest absolute Gasteiger partial charge is 0.325 e. The summed E-state index contributed by atoms with van der Waals surface area (Å²) in [5.74, 6) is -0.629. The molecule has 7 heteroatoms. The highest BCUT2D eigenvalue weighted by atomic mass is 32.2. The minimum atomic E-state index is -0.487. The van der Waals surface area contributed by atoms with Crippen LogP contribution in [0.2, 0.25) is 0 Å². The molecule has 2 N–H and O–H groups in total. The van der Waals surface area contributed by atoms with Crippen LogP contribution in [0.5, 0.6) is 0 Å². The van der Waals surface area contributed by atoms with Crippen LogP contribution in [0.15, 0.2) is 58.5 Å². The Labute approximate surface area is 141 Å². The highest BCUT2D eigenvalue weighted by Gasteiger charge is 2.16. The van der Waals surface area contributed by atoms with Crippen LogP contribution in [0.4, 0.5) is 10.1 Å². The molecule has 0 saturated heterocycles. The molecule has 0 saturated carbocycles. The van der Waals surface area contributed by atoms with Gasteiger partial charge in [-0.25, -0.2) is 9.37 Å². The van der Waals surface area contributed by atoms with Gasteiger partial charge < -0.3 is 10.3 Å². The Balaban J connectivity index is 1.74. The van der Waals surface area contributed by atoms with Crippen molar-refractivity contribution in [2.45, 2.75) is 17.3 Å². The lowest BCUT2D eigenvalue weighted by molar-refractivity contribution is -0.115. The fourth-order valence-corrected chi connectivity index (χ4v) is 2.92. The first-order valence-corrected chi connectivity index (χ1v) is 8.13. The van der Waals surface area contributed by atoms with E-state index in [0.717, 1.165) is 11.8 Å². The standard InChI is InChI=1S/C17H14FN3O2S/c1-10(15(22)19-12-8-6-11(18)7-9-12)24-17-20-14-5-3-2-4-13(14)16(23)21-17/h2-10H,1H3,(H,19,22)(H,20,21,23). The van der Waals surface area contributed by atoms with Crippen LogP contribution in [0, 0.1) is 5.82 Å². The molecule has 0 bridgehead atoms. The Hall–Kier alpha value is -2.67. The van der Waals surface area contributed by atoms with E-state index in [2.05, 4.69) is 15.3 Å². The molecule has 24 heavy (non-hydrogen) atoms. The van der Waals surface area contributed by atoms with Crippen molar-refractivity contribution in [2.24, 2.45) is 0 Å². The summed E-state index contributed by atoms with van der Waals surface area (Å²) in [6.45, 7) is 1.71. The second kappa shape index (κ2) is 6.84. The van der Waals surface area contributed by atoms with E-state index >= 15 is 0 Å². The number of anilines is 1. The fraction of sp³-hybridized carbons (Fsp3) is 0.118. The molecular formula is C17H14FN3O2S. The number of H-pyrrole nitrogens is 1. The summed E-state index contributed by atoms with van der Waals surface area (Å²) in [7, 11) is 0. The summed E-state index contributed by atoms with van der Waals surface area (Å²) in [4.78, 5) is 31.3. The number of nitrogens with one attached hydrogen (secondary N) is 2. The Morgan fingerprint density at radius 3 is 2.67 bits per heavy atom. The van der Waals surface area contributed by atoms with E-state index in [1.165, 1.54) is 24.3 Å². The average molecular weight is 343 g/mol. The van der Waals surface area contributed by atoms with Gasteiger partial charge in [0.2, 0.25) is 5.91 Å². The number of amides is 1. The SMILES string of the molecule is CC(Sc1nc2ccccc2c(=O)[nH]1)C(=O)Nc1ccc(F)cc1. The number of carbonyl (C=O) groups excluding carboxylic acids is 1. The number of carbonyl (C=O) groups is 1. The maximum Gasteiger partial charge on any atom is 0.259 e. The van der Waals surface area contributed by atoms with Gasteiger partial charge in [0.05, 0.1) is 16.2 Å². The number of aromatic nitrogens is 2. The lowest BCUT2D eigenvalue weighted by Crippen LogP contribution is -2.23. The summed E-state index contributed by atoms with van der Waals surface area (Å²) in [6, 6.07) is 12.5. The monoisotopic (exact) mass is 343 g/mol. The smallest absolute Gasteiger partial charge is 0.259 e. The lowest BCUT2D eigenvalue weighted by atomic mass is 10.2. The average Bonchev–Trinajstić information content (AvgIpc) is 2.57. The number of nitrogens with zero attached hydrogens (tertiary/aromatic N) is 1. The maximum absolute atomic E-state index is 12.9. The van der Waals surface area contributed by atoms with Crippen LogP contribution in [0.3, 0.4) is 0 Å². The molecule has 1 heterocycles. The first-order chi connectivity index (χ1) is 11.5. The Morgan fingerprint density at radius 2 is 1.92 bits per heavy atom. The topological polar surface area (TPSA) is 74.8 Å². The van der Waals surface area contributed by atoms with Crippen LogP contribution in [-0.4, -0.2) is 21.1 Å². The van der Waals surface area contributed by atoms with Gasteiger partial charge >= 0.3 is 0 Å². The molecule has 5 nitrogen and oxygen atoms in total. The molecule has 3 aromatic rings. The van der Waals surface area contributed by atoms with E-state index in [-0.39, 0.29) is 17.3 Å². The molecule has 122 valence electrons. The van der Waals surface area contributed by atoms with Gasteiger partial charge in [-0.05, 0) is 43.3 Å². The third-order valence-electron chi connectivity index (χ3n) is 3.36. The van der Waals surface area contributed by atoms with Gasteiger partial charge in [0.1, 0.15) is 5.82 Å². The molecule has 1 atom stereocenters. The zero-order valence-corrected chi connectivity index (χ0v) is 13.6. The van der Waals surface area contributed by atoms with E-state index < -0.39 is 5.25 Å². The molecule has 2 aromatic carbocycles. The second-order valence-electron chi connectivity index (χ2n) is 5.14. The number of hydrogen-bond donors (Lipinski definition) is 2. The van der Waals surface area contributed by atoms with E-state index in [1.807, 2.05) is 0 Å². The first-order valence-electron chi connectivity index (χ1n) is 7.25. The highest BCUT2D eigenvalue weighted by molar-refractivity contribution is 8.00. The van der Waals surface area contributed by atoms with Crippen molar-refractivity contribution >= 4 is 34.3 Å². The molecule has 0 radical (unpaired) electrons. The number of aromatic amines is 1. The van der Waals surface area contributed by atoms with Crippen molar-refractivity contribution in [2.75, 3.05) is 5.32 Å². The number of fused-ring (bicyclic) bond motifs is 1. The zero-order valence-electron chi connectivity index (χ0n) is 12.7. The minimum absolute atomic E-state index is 0.241. The van der Waals surface area contributed by atoms with Crippen LogP contribution in [0.1, 0.15) is 6.92 Å². The molecule has 1 unspecified atom stereocenters. The maximum atomic E-state index is 12.9. The second-order valence-corrected chi connectivity index (χ2v) is 6.47. The van der Waals surface area contributed by atoms with Crippen LogP contribution >= 0.6 is 11.8 Å². The molecule has 1 aromatic heterocycles. The predicted molar refractivity (Wildman–Crippen MR) is 92.7 cm³/mol. The van der Waals surface area contributed by atoms with Gasteiger partial charge in [0, 0.05) is 5.69 Å². The van der Waals surface area contributed by atoms with E-state index in [4.69, 9.17) is 0 Å². The highest BCUT2D eigenvalue weighted by Crippen LogP contribution is 2.21. The lowest BCUT2D eigenvalue weighted by Gasteiger charge is -2.11. The summed E-state index contributed by atoms with van der Waals surface area (Å²) in [5.41, 5.74) is 0.845. The van der Waals surface area contributed by atoms with Crippen molar-refractivity contribution < 1.29 is 9.18 Å². The van der Waals surface area contributed by atoms with E-state index in [1.54, 1.807) is 31.2 Å². The van der Waals surface area contributed by atoms with Crippen LogP contribution in [0.25, 0.3) is 10.9 Å². The number of thioether (sulfide) groups is 1. The molecule has 0 aliphatic heterocycles. The van der Waals surface area contributed by atoms with Gasteiger partial charge in [0.15, 0.2) is 5.16 Å². The summed E-state index contributed by atoms with van der Waals surface area (Å²) in [6.07, 6.45) is 0. The van der Waals surface area contributed by atoms with Gasteiger partial charge in [0.25, 0.3) is 5.56 Å². The Kier molecular flexibility index (Phi) is 4.61. The number of halogens is 1. The third kappa shape index (κ3) is 3.62. The Morgan fingerprint density at radius 1 is 1.21 bits per heavy atom. The van der Waals surface area contributed by atoms with Gasteiger partial charge in [-0.15, -0.1) is 0 Å². The molecule has 0 fully saturated rings. The number of rotatable bonds is 4. The quantitative estimate of drug-likeness (QED) is 0.564. The molecule has 0 aliphatic carbocycles. The van der Waals surface area contributed by atoms with Gasteiger partial charge in [-0.2, -0.15) is 0 Å². The van der Waals surface area contributed by atoms with Crippen molar-refractivity contribution in [3.05, 3.63) is 64.7 Å². The molecule has 3 rings (SSSR count). The molecule has 1 amide bonds. The number of hydrogen-bond acceptors (Lipinski definition) is 4. The molecule has 0 aliphatic rings. The summed E-state index contributed by atoms with van der Waals surface area (Å²) in [5, 5.41) is 3.09. The molecule has 0 spiro atoms. The minimum Gasteiger partial charge on any atom is -0.325 e. The van der Waals surface area contributed by atoms with Gasteiger partial charge in [-0.3, -0.25) is 9.59 Å². The van der Waals surface area contributed by atoms with Crippen molar-refractivity contribution in [1.82, 2.24) is 9.97 Å². The number of para-hydroxylation sites is 1. The summed E-state index contributed by atoms with van der Waals surface area (Å²) >= 11 is 1.15. The van der Waals surface area contributed by atoms with Gasteiger partial charge in [-0.1, -0.05) is 23.9 Å². The van der Waals surface area contributed by atoms with Crippen LogP contribution in [-0.2, 0) is 4.79 Å². The van der Waals surface area contributed by atoms with Crippen molar-refractivity contribution in [3.63, 3.8) is 0 Å². The first kappa shape index (κ1) is 16.2. The Bertz CT molecular complexity index is 940. The van der Waals surface area contributed by atoms with Crippen LogP contribution < -0.4 is 10.9 Å². The summed E-state index contributed by atoms with van der Waals surface area (Å²) < 4.78 is 12.9. The predicted octanol–water partition coefficient (Wildman–Crippen LogP) is 3.18. The third-order valence-corrected chi connectivity index (χ3v) is 4.34. The van der Waals surface area contributed by atoms with E-state index in [9.17, 15) is 14.0 Å². The number of benzene rings is 2. The fourth-order valence-electron chi connectivity index (χ4n) is 2.12.